The van der Waals surface area contributed by atoms with Crippen molar-refractivity contribution in [3.8, 4) is 45.0 Å². The Morgan fingerprint density at radius 3 is 2.04 bits per heavy atom. The number of nitrogens with one attached hydrogen (secondary N) is 1. The smallest absolute Gasteiger partial charge is 0.160 e. The van der Waals surface area contributed by atoms with Crippen LogP contribution < -0.4 is 5.32 Å². The number of rotatable bonds is 4. The molecule has 8 aromatic carbocycles. The van der Waals surface area contributed by atoms with Gasteiger partial charge in [-0.05, 0) is 85.1 Å². The van der Waals surface area contributed by atoms with Crippen LogP contribution in [0.15, 0.2) is 169 Å². The number of hydrogen-bond donors (Lipinski definition) is 1. The molecule has 11 rings (SSSR count). The second-order valence-electron chi connectivity index (χ2n) is 15.0. The Morgan fingerprint density at radius 2 is 1.17 bits per heavy atom. The Balaban J connectivity index is 1.06. The maximum atomic E-state index is 5.33. The third-order valence-corrected chi connectivity index (χ3v) is 12.7. The first-order valence-corrected chi connectivity index (χ1v) is 19.5. The first kappa shape index (κ1) is 31.3. The summed E-state index contributed by atoms with van der Waals surface area (Å²) in [4.78, 5) is 11.9. The Hall–Kier alpha value is -6.23. The van der Waals surface area contributed by atoms with E-state index in [9.17, 15) is 0 Å². The van der Waals surface area contributed by atoms with Gasteiger partial charge < -0.3 is 5.32 Å². The summed E-state index contributed by atoms with van der Waals surface area (Å²) >= 11 is 1.88. The van der Waals surface area contributed by atoms with E-state index < -0.39 is 0 Å². The van der Waals surface area contributed by atoms with Gasteiger partial charge in [0.15, 0.2) is 5.82 Å². The molecule has 0 amide bonds. The highest BCUT2D eigenvalue weighted by Crippen LogP contribution is 2.51. The summed E-state index contributed by atoms with van der Waals surface area (Å²) in [5.74, 6) is 0.719. The normalized spacial score (nSPS) is 15.3. The van der Waals surface area contributed by atoms with Crippen molar-refractivity contribution in [2.24, 2.45) is 0 Å². The van der Waals surface area contributed by atoms with Gasteiger partial charge in [0.1, 0.15) is 5.37 Å². The van der Waals surface area contributed by atoms with Crippen LogP contribution in [-0.4, -0.2) is 9.97 Å². The van der Waals surface area contributed by atoms with Crippen LogP contribution in [0.2, 0.25) is 0 Å². The topological polar surface area (TPSA) is 37.8 Å². The highest BCUT2D eigenvalue weighted by molar-refractivity contribution is 8.00. The average molecular weight is 710 g/mol. The Morgan fingerprint density at radius 1 is 0.519 bits per heavy atom. The zero-order valence-corrected chi connectivity index (χ0v) is 30.8. The number of hydrogen-bond acceptors (Lipinski definition) is 4. The zero-order chi connectivity index (χ0) is 36.0. The summed E-state index contributed by atoms with van der Waals surface area (Å²) in [5.41, 5.74) is 12.7. The quantitative estimate of drug-likeness (QED) is 0.185. The fourth-order valence-corrected chi connectivity index (χ4v) is 9.82. The molecule has 0 saturated heterocycles. The third-order valence-electron chi connectivity index (χ3n) is 11.5. The highest BCUT2D eigenvalue weighted by atomic mass is 32.2. The fraction of sp³-hybridized carbons (Fsp3) is 0.0800. The van der Waals surface area contributed by atoms with Crippen LogP contribution in [-0.2, 0) is 5.41 Å². The minimum absolute atomic E-state index is 0.102. The molecule has 1 unspecified atom stereocenters. The Bertz CT molecular complexity index is 2980. The van der Waals surface area contributed by atoms with Gasteiger partial charge in [0.25, 0.3) is 0 Å². The van der Waals surface area contributed by atoms with Crippen LogP contribution in [0.1, 0.15) is 35.9 Å². The van der Waals surface area contributed by atoms with Gasteiger partial charge in [0.05, 0.1) is 17.1 Å². The van der Waals surface area contributed by atoms with Gasteiger partial charge in [0, 0.05) is 32.4 Å². The lowest BCUT2D eigenvalue weighted by atomic mass is 9.82. The summed E-state index contributed by atoms with van der Waals surface area (Å²) in [6.07, 6.45) is 0. The van der Waals surface area contributed by atoms with E-state index in [2.05, 4.69) is 183 Å². The minimum Gasteiger partial charge on any atom is -0.368 e. The molecule has 4 heteroatoms. The molecule has 0 fully saturated rings. The molecule has 1 aromatic heterocycles. The molecule has 256 valence electrons. The van der Waals surface area contributed by atoms with Gasteiger partial charge in [-0.25, -0.2) is 9.97 Å². The molecular formula is C50H35N3S. The van der Waals surface area contributed by atoms with E-state index in [1.165, 1.54) is 70.7 Å². The summed E-state index contributed by atoms with van der Waals surface area (Å²) in [6.45, 7) is 4.66. The van der Waals surface area contributed by atoms with Crippen molar-refractivity contribution in [1.82, 2.24) is 9.97 Å². The van der Waals surface area contributed by atoms with Crippen molar-refractivity contribution in [3.05, 3.63) is 180 Å². The molecule has 1 aliphatic heterocycles. The number of nitrogens with zero attached hydrogens (tertiary/aromatic N) is 2. The maximum absolute atomic E-state index is 5.33. The summed E-state index contributed by atoms with van der Waals surface area (Å²) in [6, 6.07) is 59.4. The maximum Gasteiger partial charge on any atom is 0.160 e. The molecule has 2 heterocycles. The van der Waals surface area contributed by atoms with E-state index in [0.29, 0.717) is 0 Å². The lowest BCUT2D eigenvalue weighted by Gasteiger charge is -2.22. The second-order valence-corrected chi connectivity index (χ2v) is 16.2. The molecule has 3 nitrogen and oxygen atoms in total. The van der Waals surface area contributed by atoms with E-state index in [1.807, 2.05) is 11.8 Å². The largest absolute Gasteiger partial charge is 0.368 e. The van der Waals surface area contributed by atoms with Gasteiger partial charge in [-0.1, -0.05) is 159 Å². The van der Waals surface area contributed by atoms with Crippen molar-refractivity contribution in [2.45, 2.75) is 29.5 Å². The molecule has 0 spiro atoms. The number of thioether (sulfide) groups is 1. The summed E-state index contributed by atoms with van der Waals surface area (Å²) in [7, 11) is 0. The SMILES string of the molecule is CC1(C)c2ccccc2-c2ccc(-c3cc(-c4ccc5ccccc5c4)nc(-c4ccc5c(ccc6ccc7c(c65)NC(c5ccccc5)S7)c4)n3)cc21. The molecule has 9 aromatic rings. The van der Waals surface area contributed by atoms with Gasteiger partial charge in [-0.2, -0.15) is 0 Å². The van der Waals surface area contributed by atoms with Crippen molar-refractivity contribution >= 4 is 49.8 Å². The predicted molar refractivity (Wildman–Crippen MR) is 227 cm³/mol. The van der Waals surface area contributed by atoms with Crippen molar-refractivity contribution < 1.29 is 0 Å². The fourth-order valence-electron chi connectivity index (χ4n) is 8.67. The molecule has 1 N–H and O–H groups in total. The molecule has 0 radical (unpaired) electrons. The van der Waals surface area contributed by atoms with Gasteiger partial charge in [0.2, 0.25) is 0 Å². The third kappa shape index (κ3) is 4.90. The minimum atomic E-state index is -0.102. The molecule has 2 aliphatic rings. The van der Waals surface area contributed by atoms with E-state index in [1.54, 1.807) is 0 Å². The van der Waals surface area contributed by atoms with Crippen LogP contribution in [0.4, 0.5) is 5.69 Å². The first-order valence-electron chi connectivity index (χ1n) is 18.6. The van der Waals surface area contributed by atoms with Crippen molar-refractivity contribution in [2.75, 3.05) is 5.32 Å². The monoisotopic (exact) mass is 709 g/mol. The lowest BCUT2D eigenvalue weighted by molar-refractivity contribution is 0.660. The Labute approximate surface area is 318 Å². The predicted octanol–water partition coefficient (Wildman–Crippen LogP) is 13.5. The standard InChI is InChI=1S/C50H35N3S/c1-50(2)41-15-9-8-14-39(41)40-24-20-36(28-42(40)50)44-29-43(35-19-16-30-10-6-7-13-33(30)26-35)51-48(52-44)37-21-23-38-34(27-37)18-17-31-22-25-45-47(46(31)38)53-49(54-45)32-11-4-3-5-12-32/h3-29,49,53H,1-2H3. The van der Waals surface area contributed by atoms with Crippen molar-refractivity contribution in [1.29, 1.82) is 0 Å². The van der Waals surface area contributed by atoms with Gasteiger partial charge >= 0.3 is 0 Å². The summed E-state index contributed by atoms with van der Waals surface area (Å²) in [5, 5.41) is 11.3. The Kier molecular flexibility index (Phi) is 6.90. The van der Waals surface area contributed by atoms with E-state index in [0.717, 1.165) is 33.9 Å². The number of fused-ring (bicyclic) bond motifs is 9. The van der Waals surface area contributed by atoms with E-state index in [4.69, 9.17) is 9.97 Å². The number of anilines is 1. The summed E-state index contributed by atoms with van der Waals surface area (Å²) < 4.78 is 0. The van der Waals surface area contributed by atoms with Gasteiger partial charge in [-0.15, -0.1) is 0 Å². The van der Waals surface area contributed by atoms with Crippen LogP contribution in [0.5, 0.6) is 0 Å². The molecule has 54 heavy (non-hydrogen) atoms. The van der Waals surface area contributed by atoms with Crippen LogP contribution in [0.3, 0.4) is 0 Å². The van der Waals surface area contributed by atoms with Gasteiger partial charge in [-0.3, -0.25) is 0 Å². The molecular weight excluding hydrogens is 675 g/mol. The number of benzene rings is 8. The van der Waals surface area contributed by atoms with E-state index in [-0.39, 0.29) is 10.8 Å². The number of aromatic nitrogens is 2. The second kappa shape index (κ2) is 11.9. The van der Waals surface area contributed by atoms with Crippen molar-refractivity contribution in [3.63, 3.8) is 0 Å². The van der Waals surface area contributed by atoms with Crippen LogP contribution in [0.25, 0.3) is 77.3 Å². The van der Waals surface area contributed by atoms with Crippen LogP contribution >= 0.6 is 11.8 Å². The highest BCUT2D eigenvalue weighted by Gasteiger charge is 2.35. The molecule has 0 saturated carbocycles. The lowest BCUT2D eigenvalue weighted by Crippen LogP contribution is -2.14. The molecule has 0 bridgehead atoms. The molecule has 1 atom stereocenters. The molecule has 1 aliphatic carbocycles. The van der Waals surface area contributed by atoms with Crippen LogP contribution in [0, 0.1) is 0 Å². The first-order chi connectivity index (χ1) is 26.5. The van der Waals surface area contributed by atoms with E-state index >= 15 is 0 Å². The average Bonchev–Trinajstić information content (AvgIpc) is 3.77. The zero-order valence-electron chi connectivity index (χ0n) is 30.0.